The molecule has 7 nitrogen and oxygen atoms in total. The van der Waals surface area contributed by atoms with Crippen molar-refractivity contribution in [1.29, 1.82) is 0 Å². The van der Waals surface area contributed by atoms with Crippen molar-refractivity contribution < 1.29 is 4.79 Å². The highest BCUT2D eigenvalue weighted by molar-refractivity contribution is 5.82. The van der Waals surface area contributed by atoms with Gasteiger partial charge in [0.15, 0.2) is 5.82 Å². The van der Waals surface area contributed by atoms with Crippen molar-refractivity contribution in [2.75, 3.05) is 6.54 Å². The van der Waals surface area contributed by atoms with Gasteiger partial charge in [0.2, 0.25) is 5.91 Å². The molecule has 3 heterocycles. The molecule has 1 amide bonds. The van der Waals surface area contributed by atoms with E-state index in [2.05, 4.69) is 39.5 Å². The van der Waals surface area contributed by atoms with Crippen LogP contribution in [0.1, 0.15) is 57.1 Å². The topological polar surface area (TPSA) is 75.1 Å². The van der Waals surface area contributed by atoms with Gasteiger partial charge in [0.05, 0.1) is 6.54 Å². The smallest absolute Gasteiger partial charge is 0.241 e. The van der Waals surface area contributed by atoms with Gasteiger partial charge in [-0.05, 0) is 12.8 Å². The van der Waals surface area contributed by atoms with E-state index in [1.165, 1.54) is 19.3 Å². The lowest BCUT2D eigenvalue weighted by Crippen LogP contribution is -2.50. The van der Waals surface area contributed by atoms with E-state index in [1.807, 2.05) is 4.90 Å². The lowest BCUT2D eigenvalue weighted by molar-refractivity contribution is -0.136. The molecule has 3 aliphatic rings. The van der Waals surface area contributed by atoms with Gasteiger partial charge in [-0.25, -0.2) is 5.43 Å². The number of hydrogen-bond acceptors (Lipinski definition) is 5. The van der Waals surface area contributed by atoms with Gasteiger partial charge in [-0.3, -0.25) is 10.2 Å². The van der Waals surface area contributed by atoms with Crippen LogP contribution in [0.3, 0.4) is 0 Å². The molecule has 126 valence electrons. The molecule has 2 N–H and O–H groups in total. The second kappa shape index (κ2) is 5.87. The monoisotopic (exact) mass is 318 g/mol. The molecule has 0 radical (unpaired) electrons. The predicted molar refractivity (Wildman–Crippen MR) is 85.3 cm³/mol. The molecule has 1 aromatic heterocycles. The highest BCUT2D eigenvalue weighted by atomic mass is 16.2. The molecule has 1 aliphatic carbocycles. The van der Waals surface area contributed by atoms with E-state index in [1.54, 1.807) is 0 Å². The van der Waals surface area contributed by atoms with Crippen molar-refractivity contribution in [2.45, 2.75) is 70.6 Å². The summed E-state index contributed by atoms with van der Waals surface area (Å²) in [6.45, 7) is 6.39. The Labute approximate surface area is 136 Å². The third-order valence-electron chi connectivity index (χ3n) is 5.55. The maximum absolute atomic E-state index is 13.0. The zero-order valence-corrected chi connectivity index (χ0v) is 14.0. The first kappa shape index (κ1) is 15.1. The maximum atomic E-state index is 13.0. The molecule has 2 aliphatic heterocycles. The van der Waals surface area contributed by atoms with Crippen LogP contribution < -0.4 is 10.9 Å². The first-order valence-electron chi connectivity index (χ1n) is 8.87. The molecule has 2 fully saturated rings. The molecule has 4 rings (SSSR count). The van der Waals surface area contributed by atoms with Crippen LogP contribution in [-0.2, 0) is 17.9 Å². The standard InChI is InChI=1S/C16H26N6O/c1-10(2)15-20-18-13-9-21(7-8-22(13)15)16(23)14-11-5-3-4-6-12(11)17-19-14/h10-12,14,17,19H,3-9H2,1-2H3. The van der Waals surface area contributed by atoms with E-state index < -0.39 is 0 Å². The first-order chi connectivity index (χ1) is 11.1. The largest absolute Gasteiger partial charge is 0.332 e. The summed E-state index contributed by atoms with van der Waals surface area (Å²) in [5.41, 5.74) is 6.60. The second-order valence-electron chi connectivity index (χ2n) is 7.36. The maximum Gasteiger partial charge on any atom is 0.241 e. The van der Waals surface area contributed by atoms with E-state index in [4.69, 9.17) is 0 Å². The fourth-order valence-corrected chi connectivity index (χ4v) is 4.28. The summed E-state index contributed by atoms with van der Waals surface area (Å²) >= 11 is 0. The van der Waals surface area contributed by atoms with Crippen LogP contribution in [0.4, 0.5) is 0 Å². The Hall–Kier alpha value is -1.47. The summed E-state index contributed by atoms with van der Waals surface area (Å²) in [6.07, 6.45) is 4.82. The van der Waals surface area contributed by atoms with Crippen molar-refractivity contribution in [3.63, 3.8) is 0 Å². The van der Waals surface area contributed by atoms with Gasteiger partial charge < -0.3 is 9.47 Å². The van der Waals surface area contributed by atoms with Crippen LogP contribution in [-0.4, -0.2) is 44.2 Å². The molecule has 1 aromatic rings. The van der Waals surface area contributed by atoms with Gasteiger partial charge in [0, 0.05) is 31.0 Å². The third-order valence-corrected chi connectivity index (χ3v) is 5.55. The quantitative estimate of drug-likeness (QED) is 0.843. The molecule has 3 unspecified atom stereocenters. The van der Waals surface area contributed by atoms with E-state index in [0.717, 1.165) is 31.2 Å². The number of nitrogens with one attached hydrogen (secondary N) is 2. The lowest BCUT2D eigenvalue weighted by Gasteiger charge is -2.33. The molecule has 0 spiro atoms. The number of fused-ring (bicyclic) bond motifs is 2. The Bertz CT molecular complexity index is 597. The highest BCUT2D eigenvalue weighted by Gasteiger charge is 2.43. The Kier molecular flexibility index (Phi) is 3.85. The summed E-state index contributed by atoms with van der Waals surface area (Å²) in [6, 6.07) is 0.373. The van der Waals surface area contributed by atoms with Crippen LogP contribution in [0.15, 0.2) is 0 Å². The number of hydrazine groups is 1. The van der Waals surface area contributed by atoms with Crippen LogP contribution in [0.2, 0.25) is 0 Å². The van der Waals surface area contributed by atoms with Gasteiger partial charge in [-0.15, -0.1) is 10.2 Å². The summed E-state index contributed by atoms with van der Waals surface area (Å²) in [4.78, 5) is 14.9. The van der Waals surface area contributed by atoms with E-state index in [9.17, 15) is 4.79 Å². The SMILES string of the molecule is CC(C)c1nnc2n1CCN(C(=O)C1NNC3CCCCC31)C2. The minimum absolute atomic E-state index is 0.0839. The van der Waals surface area contributed by atoms with E-state index in [0.29, 0.717) is 24.4 Å². The molecule has 0 aromatic carbocycles. The zero-order chi connectivity index (χ0) is 16.0. The molecular weight excluding hydrogens is 292 g/mol. The lowest BCUT2D eigenvalue weighted by atomic mass is 9.81. The summed E-state index contributed by atoms with van der Waals surface area (Å²) in [7, 11) is 0. The van der Waals surface area contributed by atoms with E-state index in [-0.39, 0.29) is 11.9 Å². The van der Waals surface area contributed by atoms with Crippen LogP contribution in [0.25, 0.3) is 0 Å². The summed E-state index contributed by atoms with van der Waals surface area (Å²) < 4.78 is 2.18. The number of carbonyl (C=O) groups is 1. The third kappa shape index (κ3) is 2.55. The zero-order valence-electron chi connectivity index (χ0n) is 14.0. The van der Waals surface area contributed by atoms with Gasteiger partial charge in [-0.2, -0.15) is 0 Å². The summed E-state index contributed by atoms with van der Waals surface area (Å²) in [5.74, 6) is 2.95. The van der Waals surface area contributed by atoms with Gasteiger partial charge >= 0.3 is 0 Å². The molecule has 0 bridgehead atoms. The van der Waals surface area contributed by atoms with Crippen molar-refractivity contribution in [2.24, 2.45) is 5.92 Å². The number of aromatic nitrogens is 3. The predicted octanol–water partition coefficient (Wildman–Crippen LogP) is 0.779. The van der Waals surface area contributed by atoms with E-state index >= 15 is 0 Å². The fourth-order valence-electron chi connectivity index (χ4n) is 4.28. The fraction of sp³-hybridized carbons (Fsp3) is 0.812. The normalized spacial score (nSPS) is 30.4. The second-order valence-corrected chi connectivity index (χ2v) is 7.36. The van der Waals surface area contributed by atoms with Gasteiger partial charge in [-0.1, -0.05) is 26.7 Å². The molecule has 1 saturated heterocycles. The van der Waals surface area contributed by atoms with Crippen molar-refractivity contribution in [3.8, 4) is 0 Å². The van der Waals surface area contributed by atoms with Gasteiger partial charge in [0.1, 0.15) is 11.9 Å². The molecule has 23 heavy (non-hydrogen) atoms. The van der Waals surface area contributed by atoms with Crippen molar-refractivity contribution in [3.05, 3.63) is 11.6 Å². The molecule has 1 saturated carbocycles. The number of rotatable bonds is 2. The number of carbonyl (C=O) groups excluding carboxylic acids is 1. The average Bonchev–Trinajstić information content (AvgIpc) is 3.17. The number of nitrogens with zero attached hydrogens (tertiary/aromatic N) is 4. The van der Waals surface area contributed by atoms with Crippen molar-refractivity contribution in [1.82, 2.24) is 30.5 Å². The van der Waals surface area contributed by atoms with Crippen LogP contribution in [0.5, 0.6) is 0 Å². The van der Waals surface area contributed by atoms with Crippen molar-refractivity contribution >= 4 is 5.91 Å². The Morgan fingerprint density at radius 2 is 2.00 bits per heavy atom. The Morgan fingerprint density at radius 3 is 2.83 bits per heavy atom. The van der Waals surface area contributed by atoms with Gasteiger partial charge in [0.25, 0.3) is 0 Å². The summed E-state index contributed by atoms with van der Waals surface area (Å²) in [5, 5.41) is 8.60. The minimum Gasteiger partial charge on any atom is -0.332 e. The number of hydrogen-bond donors (Lipinski definition) is 2. The average molecular weight is 318 g/mol. The Morgan fingerprint density at radius 1 is 1.17 bits per heavy atom. The van der Waals surface area contributed by atoms with Crippen LogP contribution in [0, 0.1) is 5.92 Å². The molecular formula is C16H26N6O. The minimum atomic E-state index is -0.0839. The Balaban J connectivity index is 1.48. The molecule has 7 heteroatoms. The highest BCUT2D eigenvalue weighted by Crippen LogP contribution is 2.31. The number of amides is 1. The van der Waals surface area contributed by atoms with Crippen LogP contribution >= 0.6 is 0 Å². The molecule has 3 atom stereocenters. The first-order valence-corrected chi connectivity index (χ1v) is 8.87.